The van der Waals surface area contributed by atoms with Crippen LogP contribution in [0, 0.1) is 18.8 Å². The first-order valence-electron chi connectivity index (χ1n) is 12.8. The molecule has 1 heterocycles. The van der Waals surface area contributed by atoms with Gasteiger partial charge in [0.25, 0.3) is 0 Å². The van der Waals surface area contributed by atoms with Crippen molar-refractivity contribution in [1.29, 1.82) is 0 Å². The highest BCUT2D eigenvalue weighted by molar-refractivity contribution is 9.10. The van der Waals surface area contributed by atoms with Crippen LogP contribution < -0.4 is 0 Å². The summed E-state index contributed by atoms with van der Waals surface area (Å²) in [6.07, 6.45) is 1.76. The maximum atomic E-state index is 6.87. The van der Waals surface area contributed by atoms with E-state index in [0.29, 0.717) is 19.8 Å². The Bertz CT molecular complexity index is 1100. The van der Waals surface area contributed by atoms with Crippen molar-refractivity contribution in [3.05, 3.63) is 118 Å². The second-order valence-electron chi connectivity index (χ2n) is 9.88. The summed E-state index contributed by atoms with van der Waals surface area (Å²) in [6.45, 7) is 12.6. The zero-order valence-corrected chi connectivity index (χ0v) is 23.1. The minimum Gasteiger partial charge on any atom is -0.374 e. The van der Waals surface area contributed by atoms with E-state index in [-0.39, 0.29) is 36.1 Å². The van der Waals surface area contributed by atoms with E-state index in [1.165, 1.54) is 22.3 Å². The molecule has 6 atom stereocenters. The Hall–Kier alpha value is -2.24. The Kier molecular flexibility index (Phi) is 9.55. The van der Waals surface area contributed by atoms with E-state index >= 15 is 0 Å². The number of ether oxygens (including phenoxy) is 3. The van der Waals surface area contributed by atoms with Gasteiger partial charge in [-0.25, -0.2) is 0 Å². The maximum absolute atomic E-state index is 6.87. The highest BCUT2D eigenvalue weighted by Gasteiger charge is 2.45. The molecule has 4 heteroatoms. The normalized spacial score (nSPS) is 24.8. The standard InChI is InChI=1S/C32H37BrO3/c1-5-28(29-17-16-27(33)18-22(29)2)32-31(35-20-26-14-10-7-11-15-26)24(4)23(3)30(36-32)21-34-19-25-12-8-6-9-13-25/h5-18,23-24,28,30-32H,1,19-21H2,2-4H3/t23-,24-,28+,30?,31?,32+/m0/s1. The Morgan fingerprint density at radius 3 is 2.17 bits per heavy atom. The lowest BCUT2D eigenvalue weighted by Gasteiger charge is -2.47. The summed E-state index contributed by atoms with van der Waals surface area (Å²) in [5.41, 5.74) is 4.77. The van der Waals surface area contributed by atoms with Crippen LogP contribution >= 0.6 is 15.9 Å². The fourth-order valence-electron chi connectivity index (χ4n) is 5.15. The summed E-state index contributed by atoms with van der Waals surface area (Å²) in [4.78, 5) is 0. The molecule has 2 unspecified atom stereocenters. The SMILES string of the molecule is C=C[C@H](c1ccc(Br)cc1C)[C@H]1OC(COCc2ccccc2)[C@@H](C)[C@H](C)C1OCc1ccccc1. The van der Waals surface area contributed by atoms with Crippen LogP contribution in [0.5, 0.6) is 0 Å². The molecule has 0 radical (unpaired) electrons. The molecule has 0 N–H and O–H groups in total. The van der Waals surface area contributed by atoms with Crippen molar-refractivity contribution < 1.29 is 14.2 Å². The second-order valence-corrected chi connectivity index (χ2v) is 10.8. The second kappa shape index (κ2) is 12.8. The lowest BCUT2D eigenvalue weighted by atomic mass is 9.76. The van der Waals surface area contributed by atoms with Gasteiger partial charge in [0, 0.05) is 10.4 Å². The Balaban J connectivity index is 1.56. The first-order chi connectivity index (χ1) is 17.5. The van der Waals surface area contributed by atoms with Crippen LogP contribution in [0.1, 0.15) is 42.0 Å². The molecule has 0 bridgehead atoms. The van der Waals surface area contributed by atoms with Crippen LogP contribution in [0.25, 0.3) is 0 Å². The number of hydrogen-bond acceptors (Lipinski definition) is 3. The lowest BCUT2D eigenvalue weighted by molar-refractivity contribution is -0.206. The van der Waals surface area contributed by atoms with E-state index in [9.17, 15) is 0 Å². The van der Waals surface area contributed by atoms with Crippen LogP contribution in [0.4, 0.5) is 0 Å². The first kappa shape index (κ1) is 26.8. The molecule has 0 saturated carbocycles. The molecule has 0 aliphatic carbocycles. The van der Waals surface area contributed by atoms with Crippen LogP contribution in [0.3, 0.4) is 0 Å². The van der Waals surface area contributed by atoms with Gasteiger partial charge in [-0.2, -0.15) is 0 Å². The van der Waals surface area contributed by atoms with Gasteiger partial charge < -0.3 is 14.2 Å². The van der Waals surface area contributed by atoms with E-state index in [1.807, 2.05) is 30.3 Å². The van der Waals surface area contributed by atoms with Crippen molar-refractivity contribution in [2.24, 2.45) is 11.8 Å². The third kappa shape index (κ3) is 6.54. The molecule has 1 saturated heterocycles. The Labute approximate surface area is 224 Å². The molecule has 0 aromatic heterocycles. The molecule has 190 valence electrons. The van der Waals surface area contributed by atoms with E-state index in [1.54, 1.807) is 0 Å². The molecule has 3 nitrogen and oxygen atoms in total. The summed E-state index contributed by atoms with van der Waals surface area (Å²) >= 11 is 3.60. The maximum Gasteiger partial charge on any atom is 0.0947 e. The summed E-state index contributed by atoms with van der Waals surface area (Å²) in [5, 5.41) is 0. The van der Waals surface area contributed by atoms with Gasteiger partial charge in [0.1, 0.15) is 0 Å². The first-order valence-corrected chi connectivity index (χ1v) is 13.6. The number of hydrogen-bond donors (Lipinski definition) is 0. The number of rotatable bonds is 10. The van der Waals surface area contributed by atoms with Crippen molar-refractivity contribution in [2.75, 3.05) is 6.61 Å². The highest BCUT2D eigenvalue weighted by Crippen LogP contribution is 2.41. The van der Waals surface area contributed by atoms with Crippen molar-refractivity contribution in [3.63, 3.8) is 0 Å². The molecule has 0 spiro atoms. The molecular formula is C32H37BrO3. The zero-order valence-electron chi connectivity index (χ0n) is 21.5. The number of halogens is 1. The van der Waals surface area contributed by atoms with Gasteiger partial charge in [0.05, 0.1) is 38.1 Å². The molecule has 0 amide bonds. The zero-order chi connectivity index (χ0) is 25.5. The minimum atomic E-state index is -0.164. The van der Waals surface area contributed by atoms with E-state index in [0.717, 1.165) is 4.47 Å². The van der Waals surface area contributed by atoms with Crippen LogP contribution in [-0.4, -0.2) is 24.9 Å². The Morgan fingerprint density at radius 2 is 1.56 bits per heavy atom. The van der Waals surface area contributed by atoms with Crippen molar-refractivity contribution in [3.8, 4) is 0 Å². The van der Waals surface area contributed by atoms with Crippen molar-refractivity contribution in [1.82, 2.24) is 0 Å². The Morgan fingerprint density at radius 1 is 0.917 bits per heavy atom. The predicted octanol–water partition coefficient (Wildman–Crippen LogP) is 7.87. The van der Waals surface area contributed by atoms with Gasteiger partial charge in [-0.1, -0.05) is 103 Å². The smallest absolute Gasteiger partial charge is 0.0947 e. The van der Waals surface area contributed by atoms with Gasteiger partial charge in [0.15, 0.2) is 0 Å². The van der Waals surface area contributed by atoms with Gasteiger partial charge in [-0.15, -0.1) is 6.58 Å². The van der Waals surface area contributed by atoms with Crippen molar-refractivity contribution in [2.45, 2.75) is 58.2 Å². The third-order valence-electron chi connectivity index (χ3n) is 7.47. The molecule has 1 fully saturated rings. The fourth-order valence-corrected chi connectivity index (χ4v) is 5.63. The summed E-state index contributed by atoms with van der Waals surface area (Å²) in [5.74, 6) is 0.579. The van der Waals surface area contributed by atoms with Gasteiger partial charge in [0.2, 0.25) is 0 Å². The monoisotopic (exact) mass is 548 g/mol. The quantitative estimate of drug-likeness (QED) is 0.241. The van der Waals surface area contributed by atoms with Gasteiger partial charge in [-0.3, -0.25) is 0 Å². The largest absolute Gasteiger partial charge is 0.374 e. The summed E-state index contributed by atoms with van der Waals surface area (Å²) in [7, 11) is 0. The van der Waals surface area contributed by atoms with E-state index in [2.05, 4.69) is 97.9 Å². The van der Waals surface area contributed by atoms with Gasteiger partial charge >= 0.3 is 0 Å². The van der Waals surface area contributed by atoms with E-state index < -0.39 is 0 Å². The summed E-state index contributed by atoms with van der Waals surface area (Å²) < 4.78 is 20.7. The fraction of sp³-hybridized carbons (Fsp3) is 0.375. The summed E-state index contributed by atoms with van der Waals surface area (Å²) in [6, 6.07) is 27.1. The average molecular weight is 550 g/mol. The molecule has 1 aliphatic heterocycles. The molecular weight excluding hydrogens is 512 g/mol. The molecule has 1 aliphatic rings. The van der Waals surface area contributed by atoms with Gasteiger partial charge in [-0.05, 0) is 53.1 Å². The molecule has 3 aromatic carbocycles. The molecule has 4 rings (SSSR count). The number of benzene rings is 3. The molecule has 3 aromatic rings. The van der Waals surface area contributed by atoms with E-state index in [4.69, 9.17) is 14.2 Å². The van der Waals surface area contributed by atoms with Crippen molar-refractivity contribution >= 4 is 15.9 Å². The topological polar surface area (TPSA) is 27.7 Å². The van der Waals surface area contributed by atoms with Crippen LogP contribution in [0.15, 0.2) is 96.0 Å². The molecule has 36 heavy (non-hydrogen) atoms. The lowest BCUT2D eigenvalue weighted by Crippen LogP contribution is -2.53. The third-order valence-corrected chi connectivity index (χ3v) is 7.96. The predicted molar refractivity (Wildman–Crippen MR) is 150 cm³/mol. The van der Waals surface area contributed by atoms with Crippen LogP contribution in [0.2, 0.25) is 0 Å². The number of aryl methyl sites for hydroxylation is 1. The van der Waals surface area contributed by atoms with Crippen LogP contribution in [-0.2, 0) is 27.4 Å². The minimum absolute atomic E-state index is 0.00504. The highest BCUT2D eigenvalue weighted by atomic mass is 79.9. The average Bonchev–Trinajstić information content (AvgIpc) is 2.89.